The van der Waals surface area contributed by atoms with Crippen molar-refractivity contribution in [1.29, 1.82) is 0 Å². The molecule has 4 rings (SSSR count). The van der Waals surface area contributed by atoms with E-state index in [9.17, 15) is 9.18 Å². The van der Waals surface area contributed by atoms with Crippen LogP contribution in [0, 0.1) is 5.82 Å². The summed E-state index contributed by atoms with van der Waals surface area (Å²) in [5.74, 6) is 1.65. The summed E-state index contributed by atoms with van der Waals surface area (Å²) < 4.78 is 20.7. The molecule has 1 aromatic heterocycles. The van der Waals surface area contributed by atoms with Crippen LogP contribution in [0.4, 0.5) is 4.39 Å². The van der Waals surface area contributed by atoms with Crippen LogP contribution in [0.25, 0.3) is 5.69 Å². The molecule has 2 saturated heterocycles. The van der Waals surface area contributed by atoms with E-state index in [0.717, 1.165) is 49.9 Å². The van der Waals surface area contributed by atoms with Crippen molar-refractivity contribution in [3.05, 3.63) is 42.0 Å². The Morgan fingerprint density at radius 3 is 2.76 bits per heavy atom. The molecule has 1 N–H and O–H groups in total. The third kappa shape index (κ3) is 4.33. The highest BCUT2D eigenvalue weighted by Gasteiger charge is 2.41. The lowest BCUT2D eigenvalue weighted by atomic mass is 9.95. The molecule has 6 nitrogen and oxygen atoms in total. The zero-order chi connectivity index (χ0) is 20.3. The lowest BCUT2D eigenvalue weighted by Crippen LogP contribution is -2.59. The minimum absolute atomic E-state index is 0.0207. The number of halogens is 1. The van der Waals surface area contributed by atoms with Crippen LogP contribution >= 0.6 is 23.5 Å². The second kappa shape index (κ2) is 9.07. The minimum Gasteiger partial charge on any atom is -0.379 e. The van der Waals surface area contributed by atoms with Gasteiger partial charge < -0.3 is 10.1 Å². The number of rotatable bonds is 6. The molecule has 29 heavy (non-hydrogen) atoms. The van der Waals surface area contributed by atoms with E-state index in [1.165, 1.54) is 23.9 Å². The maximum Gasteiger partial charge on any atom is 0.270 e. The molecular weight excluding hydrogens is 411 g/mol. The van der Waals surface area contributed by atoms with Gasteiger partial charge in [0.25, 0.3) is 5.91 Å². The summed E-state index contributed by atoms with van der Waals surface area (Å²) in [5, 5.41) is 3.85. The van der Waals surface area contributed by atoms with Gasteiger partial charge in [-0.1, -0.05) is 11.8 Å². The lowest BCUT2D eigenvalue weighted by molar-refractivity contribution is -0.0129. The van der Waals surface area contributed by atoms with E-state index in [1.54, 1.807) is 22.9 Å². The summed E-state index contributed by atoms with van der Waals surface area (Å²) in [4.78, 5) is 20.0. The largest absolute Gasteiger partial charge is 0.379 e. The first-order chi connectivity index (χ1) is 14.1. The van der Waals surface area contributed by atoms with E-state index >= 15 is 0 Å². The van der Waals surface area contributed by atoms with Gasteiger partial charge in [-0.15, -0.1) is 0 Å². The normalized spacial score (nSPS) is 22.7. The molecule has 156 valence electrons. The minimum atomic E-state index is -0.309. The van der Waals surface area contributed by atoms with Crippen LogP contribution in [0.3, 0.4) is 0 Å². The van der Waals surface area contributed by atoms with Crippen LogP contribution < -0.4 is 5.32 Å². The number of amides is 1. The number of imidazole rings is 1. The van der Waals surface area contributed by atoms with Crippen molar-refractivity contribution in [3.8, 4) is 5.69 Å². The van der Waals surface area contributed by atoms with Crippen LogP contribution in [0.2, 0.25) is 0 Å². The second-order valence-corrected chi connectivity index (χ2v) is 9.13. The first kappa shape index (κ1) is 20.7. The van der Waals surface area contributed by atoms with Gasteiger partial charge in [0.2, 0.25) is 0 Å². The summed E-state index contributed by atoms with van der Waals surface area (Å²) in [6.45, 7) is 3.90. The Balaban J connectivity index is 1.54. The Hall–Kier alpha value is -1.55. The average molecular weight is 437 g/mol. The molecule has 2 fully saturated rings. The van der Waals surface area contributed by atoms with Crippen molar-refractivity contribution >= 4 is 29.4 Å². The van der Waals surface area contributed by atoms with Crippen molar-refractivity contribution in [1.82, 2.24) is 19.8 Å². The predicted octanol–water partition coefficient (Wildman–Crippen LogP) is 2.67. The Morgan fingerprint density at radius 2 is 2.10 bits per heavy atom. The first-order valence-corrected chi connectivity index (χ1v) is 12.1. The van der Waals surface area contributed by atoms with Gasteiger partial charge in [-0.25, -0.2) is 9.37 Å². The Bertz CT molecular complexity index is 847. The Kier molecular flexibility index (Phi) is 6.48. The van der Waals surface area contributed by atoms with E-state index in [-0.39, 0.29) is 17.3 Å². The van der Waals surface area contributed by atoms with E-state index < -0.39 is 0 Å². The number of thioether (sulfide) groups is 2. The quantitative estimate of drug-likeness (QED) is 0.703. The van der Waals surface area contributed by atoms with Crippen molar-refractivity contribution in [2.75, 3.05) is 50.6 Å². The van der Waals surface area contributed by atoms with Crippen molar-refractivity contribution in [2.45, 2.75) is 17.1 Å². The SMILES string of the molecule is CSc1ncc(C(=O)NC[C@]2(N3CCOCC3)CCSC2)n1-c1ccc(F)cc1. The van der Waals surface area contributed by atoms with Gasteiger partial charge in [-0.3, -0.25) is 14.3 Å². The van der Waals surface area contributed by atoms with Crippen LogP contribution in [-0.2, 0) is 4.74 Å². The molecule has 2 aromatic rings. The molecule has 1 atom stereocenters. The number of nitrogens with one attached hydrogen (secondary N) is 1. The number of ether oxygens (including phenoxy) is 1. The number of nitrogens with zero attached hydrogens (tertiary/aromatic N) is 3. The molecule has 9 heteroatoms. The maximum atomic E-state index is 13.4. The summed E-state index contributed by atoms with van der Waals surface area (Å²) in [5.41, 5.74) is 1.16. The maximum absolute atomic E-state index is 13.4. The summed E-state index contributed by atoms with van der Waals surface area (Å²) in [6, 6.07) is 6.11. The number of hydrogen-bond acceptors (Lipinski definition) is 6. The topological polar surface area (TPSA) is 59.4 Å². The molecule has 0 aliphatic carbocycles. The van der Waals surface area contributed by atoms with E-state index in [2.05, 4.69) is 15.2 Å². The summed E-state index contributed by atoms with van der Waals surface area (Å²) in [6.07, 6.45) is 4.56. The van der Waals surface area contributed by atoms with Crippen LogP contribution in [0.1, 0.15) is 16.9 Å². The monoisotopic (exact) mass is 436 g/mol. The first-order valence-electron chi connectivity index (χ1n) is 9.69. The van der Waals surface area contributed by atoms with E-state index in [4.69, 9.17) is 4.74 Å². The summed E-state index contributed by atoms with van der Waals surface area (Å²) >= 11 is 3.39. The number of morpholine rings is 1. The van der Waals surface area contributed by atoms with Gasteiger partial charge in [0, 0.05) is 36.6 Å². The van der Waals surface area contributed by atoms with Crippen LogP contribution in [0.15, 0.2) is 35.6 Å². The second-order valence-electron chi connectivity index (χ2n) is 7.25. The molecule has 0 radical (unpaired) electrons. The number of carbonyl (C=O) groups excluding carboxylic acids is 1. The van der Waals surface area contributed by atoms with Crippen molar-refractivity contribution < 1.29 is 13.9 Å². The van der Waals surface area contributed by atoms with Gasteiger partial charge in [0.05, 0.1) is 19.4 Å². The fraction of sp³-hybridized carbons (Fsp3) is 0.500. The molecule has 3 heterocycles. The Labute approximate surface area is 178 Å². The molecule has 1 aromatic carbocycles. The molecule has 2 aliphatic heterocycles. The fourth-order valence-corrected chi connectivity index (χ4v) is 5.97. The highest BCUT2D eigenvalue weighted by atomic mass is 32.2. The number of carbonyl (C=O) groups is 1. The molecular formula is C20H25FN4O2S2. The average Bonchev–Trinajstić information content (AvgIpc) is 3.41. The number of hydrogen-bond donors (Lipinski definition) is 1. The lowest BCUT2D eigenvalue weighted by Gasteiger charge is -2.43. The molecule has 2 aliphatic rings. The predicted molar refractivity (Wildman–Crippen MR) is 115 cm³/mol. The standard InChI is InChI=1S/C20H25FN4O2S2/c1-28-19-22-12-17(25(19)16-4-2-15(21)3-5-16)18(26)23-13-20(6-11-29-14-20)24-7-9-27-10-8-24/h2-5,12H,6-11,13-14H2,1H3,(H,23,26)/t20-/m1/s1. The molecule has 1 amide bonds. The van der Waals surface area contributed by atoms with Gasteiger partial charge in [0.1, 0.15) is 11.5 Å². The Morgan fingerprint density at radius 1 is 1.34 bits per heavy atom. The highest BCUT2D eigenvalue weighted by Crippen LogP contribution is 2.33. The fourth-order valence-electron chi connectivity index (χ4n) is 3.95. The van der Waals surface area contributed by atoms with Gasteiger partial charge >= 0.3 is 0 Å². The van der Waals surface area contributed by atoms with Gasteiger partial charge in [-0.05, 0) is 42.7 Å². The molecule has 0 unspecified atom stereocenters. The highest BCUT2D eigenvalue weighted by molar-refractivity contribution is 7.99. The third-order valence-electron chi connectivity index (χ3n) is 5.57. The zero-order valence-electron chi connectivity index (χ0n) is 16.4. The molecule has 0 saturated carbocycles. The van der Waals surface area contributed by atoms with Crippen LogP contribution in [-0.4, -0.2) is 76.5 Å². The molecule has 0 spiro atoms. The van der Waals surface area contributed by atoms with E-state index in [1.807, 2.05) is 18.0 Å². The third-order valence-corrected chi connectivity index (χ3v) is 7.46. The van der Waals surface area contributed by atoms with Crippen molar-refractivity contribution in [2.24, 2.45) is 0 Å². The number of aromatic nitrogens is 2. The van der Waals surface area contributed by atoms with Crippen molar-refractivity contribution in [3.63, 3.8) is 0 Å². The smallest absolute Gasteiger partial charge is 0.270 e. The van der Waals surface area contributed by atoms with Gasteiger partial charge in [0.15, 0.2) is 5.16 Å². The summed E-state index contributed by atoms with van der Waals surface area (Å²) in [7, 11) is 0. The van der Waals surface area contributed by atoms with Gasteiger partial charge in [-0.2, -0.15) is 11.8 Å². The zero-order valence-corrected chi connectivity index (χ0v) is 18.0. The number of benzene rings is 1. The van der Waals surface area contributed by atoms with E-state index in [0.29, 0.717) is 17.4 Å². The van der Waals surface area contributed by atoms with Crippen LogP contribution in [0.5, 0.6) is 0 Å². The molecule has 0 bridgehead atoms.